The highest BCUT2D eigenvalue weighted by Crippen LogP contribution is 2.73. The molecule has 2 bridgehead atoms. The number of ether oxygens (including phenoxy) is 1. The minimum absolute atomic E-state index is 0.0711. The Bertz CT molecular complexity index is 488. The third-order valence-corrected chi connectivity index (χ3v) is 9.55. The number of hydrogen-bond donors (Lipinski definition) is 1. The summed E-state index contributed by atoms with van der Waals surface area (Å²) in [6.45, 7) is 8.30. The summed E-state index contributed by atoms with van der Waals surface area (Å²) in [5.74, 6) is 0. The highest BCUT2D eigenvalue weighted by Gasteiger charge is 2.76. The van der Waals surface area contributed by atoms with Crippen LogP contribution in [0.2, 0.25) is 0 Å². The third-order valence-electron chi connectivity index (χ3n) is 6.10. The average Bonchev–Trinajstić information content (AvgIpc) is 2.37. The van der Waals surface area contributed by atoms with E-state index in [0.29, 0.717) is 0 Å². The molecule has 0 aromatic carbocycles. The Hall–Kier alpha value is 0.910. The first-order chi connectivity index (χ1) is 8.90. The molecule has 2 fully saturated rings. The van der Waals surface area contributed by atoms with Gasteiger partial charge in [0.15, 0.2) is 0 Å². The van der Waals surface area contributed by atoms with Gasteiger partial charge in [-0.15, -0.1) is 11.6 Å². The molecule has 20 heavy (non-hydrogen) atoms. The van der Waals surface area contributed by atoms with E-state index < -0.39 is 10.1 Å². The molecule has 6 atom stereocenters. The summed E-state index contributed by atoms with van der Waals surface area (Å²) in [6, 6.07) is 0. The minimum Gasteiger partial charge on any atom is -0.385 e. The zero-order chi connectivity index (χ0) is 15.2. The maximum atomic E-state index is 11.1. The van der Waals surface area contributed by atoms with Gasteiger partial charge in [-0.05, 0) is 48.7 Å². The normalized spacial score (nSPS) is 60.4. The molecule has 2 aliphatic carbocycles. The standard InChI is InChI=1S/C15H21Br2ClO2/c1-11(2)14-7-9(16)12(3,18)8-10(14)20-15(11,17)6-5-13(14,4)19/h5-6,9-10,19H,7-8H2,1-4H3/t9-,10-,12-,13+,14-,15+/m0/s1. The van der Waals surface area contributed by atoms with Gasteiger partial charge in [-0.25, -0.2) is 0 Å². The second-order valence-corrected chi connectivity index (χ2v) is 10.6. The van der Waals surface area contributed by atoms with Gasteiger partial charge in [-0.3, -0.25) is 0 Å². The number of aliphatic hydroxyl groups is 1. The first-order valence-corrected chi connectivity index (χ1v) is 9.11. The lowest BCUT2D eigenvalue weighted by Gasteiger charge is -2.59. The molecule has 114 valence electrons. The summed E-state index contributed by atoms with van der Waals surface area (Å²) in [7, 11) is 0. The summed E-state index contributed by atoms with van der Waals surface area (Å²) < 4.78 is 5.84. The van der Waals surface area contributed by atoms with Crippen molar-refractivity contribution in [2.75, 3.05) is 0 Å². The van der Waals surface area contributed by atoms with E-state index in [1.807, 2.05) is 26.0 Å². The van der Waals surface area contributed by atoms with Crippen molar-refractivity contribution in [2.24, 2.45) is 10.8 Å². The number of fused-ring (bicyclic) bond motifs is 1. The van der Waals surface area contributed by atoms with E-state index in [0.717, 1.165) is 12.8 Å². The molecule has 1 heterocycles. The van der Waals surface area contributed by atoms with Gasteiger partial charge >= 0.3 is 0 Å². The lowest BCUT2D eigenvalue weighted by atomic mass is 9.47. The molecule has 1 aliphatic heterocycles. The molecule has 1 saturated heterocycles. The monoisotopic (exact) mass is 426 g/mol. The number of halogens is 3. The fourth-order valence-electron chi connectivity index (χ4n) is 4.58. The van der Waals surface area contributed by atoms with Crippen LogP contribution >= 0.6 is 43.5 Å². The summed E-state index contributed by atoms with van der Waals surface area (Å²) in [5, 5.41) is 11.1. The average molecular weight is 429 g/mol. The topological polar surface area (TPSA) is 29.5 Å². The molecule has 0 amide bonds. The molecule has 0 aromatic heterocycles. The predicted octanol–water partition coefficient (Wildman–Crippen LogP) is 4.36. The van der Waals surface area contributed by atoms with Crippen molar-refractivity contribution in [3.8, 4) is 0 Å². The smallest absolute Gasteiger partial charge is 0.147 e. The van der Waals surface area contributed by atoms with Crippen molar-refractivity contribution >= 4 is 43.5 Å². The van der Waals surface area contributed by atoms with E-state index in [2.05, 4.69) is 45.7 Å². The first-order valence-electron chi connectivity index (χ1n) is 7.02. The van der Waals surface area contributed by atoms with Crippen molar-refractivity contribution in [1.29, 1.82) is 0 Å². The lowest BCUT2D eigenvalue weighted by molar-refractivity contribution is -0.132. The maximum Gasteiger partial charge on any atom is 0.147 e. The minimum atomic E-state index is -0.908. The molecule has 3 rings (SSSR count). The fraction of sp³-hybridized carbons (Fsp3) is 0.867. The van der Waals surface area contributed by atoms with Crippen molar-refractivity contribution in [1.82, 2.24) is 0 Å². The number of alkyl halides is 3. The fourth-order valence-corrected chi connectivity index (χ4v) is 6.21. The summed E-state index contributed by atoms with van der Waals surface area (Å²) in [6.07, 6.45) is 5.29. The molecule has 1 spiro atoms. The molecule has 0 unspecified atom stereocenters. The van der Waals surface area contributed by atoms with Crippen molar-refractivity contribution in [3.63, 3.8) is 0 Å². The third kappa shape index (κ3) is 1.58. The largest absolute Gasteiger partial charge is 0.385 e. The molecular formula is C15H21Br2ClO2. The Balaban J connectivity index is 2.21. The van der Waals surface area contributed by atoms with E-state index in [1.165, 1.54) is 0 Å². The molecule has 2 nitrogen and oxygen atoms in total. The molecule has 3 aliphatic rings. The van der Waals surface area contributed by atoms with Crippen LogP contribution < -0.4 is 0 Å². The lowest BCUT2D eigenvalue weighted by Crippen LogP contribution is -2.65. The summed E-state index contributed by atoms with van der Waals surface area (Å²) in [4.78, 5) is -0.216. The van der Waals surface area contributed by atoms with Crippen LogP contribution in [0.5, 0.6) is 0 Å². The number of rotatable bonds is 0. The zero-order valence-electron chi connectivity index (χ0n) is 12.2. The van der Waals surface area contributed by atoms with Crippen LogP contribution in [0.1, 0.15) is 40.5 Å². The second-order valence-electron chi connectivity index (χ2n) is 7.48. The highest BCUT2D eigenvalue weighted by atomic mass is 79.9. The van der Waals surface area contributed by atoms with E-state index in [9.17, 15) is 5.11 Å². The van der Waals surface area contributed by atoms with Crippen molar-refractivity contribution < 1.29 is 9.84 Å². The van der Waals surface area contributed by atoms with E-state index >= 15 is 0 Å². The highest BCUT2D eigenvalue weighted by molar-refractivity contribution is 9.10. The Morgan fingerprint density at radius 1 is 1.20 bits per heavy atom. The van der Waals surface area contributed by atoms with Gasteiger partial charge in [0, 0.05) is 15.7 Å². The van der Waals surface area contributed by atoms with Crippen LogP contribution in [0.25, 0.3) is 0 Å². The van der Waals surface area contributed by atoms with Gasteiger partial charge in [0.2, 0.25) is 0 Å². The Morgan fingerprint density at radius 3 is 2.40 bits per heavy atom. The summed E-state index contributed by atoms with van der Waals surface area (Å²) >= 11 is 14.2. The van der Waals surface area contributed by atoms with Crippen LogP contribution in [0, 0.1) is 10.8 Å². The van der Waals surface area contributed by atoms with Gasteiger partial charge in [0.05, 0.1) is 16.6 Å². The molecule has 0 radical (unpaired) electrons. The SMILES string of the molecule is CC1(C)[C@@]2(Br)C=C[C@@](C)(O)[C@]13C[C@H](Br)[C@@](C)(Cl)C[C@@H]3O2. The van der Waals surface area contributed by atoms with Crippen LogP contribution in [0.4, 0.5) is 0 Å². The van der Waals surface area contributed by atoms with E-state index in [-0.39, 0.29) is 26.6 Å². The first kappa shape index (κ1) is 15.8. The van der Waals surface area contributed by atoms with Crippen LogP contribution in [0.15, 0.2) is 12.2 Å². The second kappa shape index (κ2) is 4.05. The number of hydrogen-bond acceptors (Lipinski definition) is 2. The summed E-state index contributed by atoms with van der Waals surface area (Å²) in [5.41, 5.74) is -1.50. The zero-order valence-corrected chi connectivity index (χ0v) is 16.1. The van der Waals surface area contributed by atoms with Gasteiger partial charge in [-0.1, -0.05) is 35.9 Å². The van der Waals surface area contributed by atoms with Crippen LogP contribution in [-0.4, -0.2) is 31.0 Å². The predicted molar refractivity (Wildman–Crippen MR) is 88.7 cm³/mol. The molecule has 1 N–H and O–H groups in total. The van der Waals surface area contributed by atoms with Gasteiger partial charge in [0.25, 0.3) is 0 Å². The van der Waals surface area contributed by atoms with Crippen molar-refractivity contribution in [2.45, 2.75) is 66.5 Å². The van der Waals surface area contributed by atoms with Gasteiger partial charge < -0.3 is 9.84 Å². The molecular weight excluding hydrogens is 407 g/mol. The molecule has 1 saturated carbocycles. The Kier molecular flexibility index (Phi) is 3.20. The molecule has 0 aromatic rings. The molecule has 5 heteroatoms. The van der Waals surface area contributed by atoms with E-state index in [1.54, 1.807) is 0 Å². The Morgan fingerprint density at radius 2 is 1.80 bits per heavy atom. The Labute approximate surface area is 142 Å². The van der Waals surface area contributed by atoms with Crippen molar-refractivity contribution in [3.05, 3.63) is 12.2 Å². The maximum absolute atomic E-state index is 11.1. The van der Waals surface area contributed by atoms with Gasteiger partial charge in [0.1, 0.15) is 4.51 Å². The van der Waals surface area contributed by atoms with Crippen LogP contribution in [0.3, 0.4) is 0 Å². The quantitative estimate of drug-likeness (QED) is 0.459. The van der Waals surface area contributed by atoms with Crippen LogP contribution in [-0.2, 0) is 4.74 Å². The van der Waals surface area contributed by atoms with Gasteiger partial charge in [-0.2, -0.15) is 0 Å². The van der Waals surface area contributed by atoms with E-state index in [4.69, 9.17) is 16.3 Å².